The number of benzene rings is 1. The molecule has 0 unspecified atom stereocenters. The highest BCUT2D eigenvalue weighted by Crippen LogP contribution is 2.40. The molecule has 2 aromatic rings. The largest absolute Gasteiger partial charge is 0.366 e. The number of halogens is 2. The van der Waals surface area contributed by atoms with E-state index in [-0.39, 0.29) is 11.7 Å². The summed E-state index contributed by atoms with van der Waals surface area (Å²) in [7, 11) is 0. The second-order valence-corrected chi connectivity index (χ2v) is 5.28. The Hall–Kier alpha value is -1.94. The van der Waals surface area contributed by atoms with E-state index in [1.54, 1.807) is 24.4 Å². The van der Waals surface area contributed by atoms with Crippen LogP contribution in [0, 0.1) is 5.82 Å². The minimum absolute atomic E-state index is 0.137. The van der Waals surface area contributed by atoms with Crippen LogP contribution in [0.25, 0.3) is 0 Å². The van der Waals surface area contributed by atoms with E-state index in [0.717, 1.165) is 5.56 Å². The number of nitrogens with zero attached hydrogens (tertiary/aromatic N) is 1. The Morgan fingerprint density at radius 3 is 3.00 bits per heavy atom. The van der Waals surface area contributed by atoms with Crippen molar-refractivity contribution >= 4 is 17.5 Å². The lowest BCUT2D eigenvalue weighted by atomic mass is 9.93. The Kier molecular flexibility index (Phi) is 3.18. The van der Waals surface area contributed by atoms with Crippen molar-refractivity contribution in [3.63, 3.8) is 0 Å². The third-order valence-corrected chi connectivity index (χ3v) is 3.91. The summed E-state index contributed by atoms with van der Waals surface area (Å²) < 4.78 is 13.9. The smallest absolute Gasteiger partial charge is 0.250 e. The van der Waals surface area contributed by atoms with Gasteiger partial charge in [0, 0.05) is 17.1 Å². The minimum Gasteiger partial charge on any atom is -0.366 e. The Bertz CT molecular complexity index is 702. The van der Waals surface area contributed by atoms with Gasteiger partial charge in [0.05, 0.1) is 11.3 Å². The zero-order valence-corrected chi connectivity index (χ0v) is 11.3. The van der Waals surface area contributed by atoms with Crippen LogP contribution >= 0.6 is 11.6 Å². The zero-order valence-electron chi connectivity index (χ0n) is 10.6. The molecular weight excluding hydrogens is 279 g/mol. The van der Waals surface area contributed by atoms with Crippen molar-refractivity contribution in [2.75, 3.05) is 0 Å². The lowest BCUT2D eigenvalue weighted by Gasteiger charge is -2.14. The van der Waals surface area contributed by atoms with Crippen molar-refractivity contribution in [2.45, 2.75) is 18.8 Å². The first kappa shape index (κ1) is 13.1. The fraction of sp³-hybridized carbons (Fsp3) is 0.200. The van der Waals surface area contributed by atoms with Gasteiger partial charge < -0.3 is 5.73 Å². The molecule has 102 valence electrons. The van der Waals surface area contributed by atoms with Gasteiger partial charge in [-0.3, -0.25) is 9.78 Å². The van der Waals surface area contributed by atoms with Crippen molar-refractivity contribution in [3.05, 3.63) is 63.7 Å². The summed E-state index contributed by atoms with van der Waals surface area (Å²) in [5.41, 5.74) is 7.82. The summed E-state index contributed by atoms with van der Waals surface area (Å²) >= 11 is 5.93. The summed E-state index contributed by atoms with van der Waals surface area (Å²) in [5, 5.41) is 0.352. The van der Waals surface area contributed by atoms with Crippen LogP contribution in [0.2, 0.25) is 5.02 Å². The summed E-state index contributed by atoms with van der Waals surface area (Å²) in [5.74, 6) is -0.961. The number of carbonyl (C=O) groups is 1. The molecule has 20 heavy (non-hydrogen) atoms. The lowest BCUT2D eigenvalue weighted by molar-refractivity contribution is 0.0998. The molecule has 3 rings (SSSR count). The van der Waals surface area contributed by atoms with E-state index in [9.17, 15) is 9.18 Å². The van der Waals surface area contributed by atoms with E-state index in [1.807, 2.05) is 0 Å². The van der Waals surface area contributed by atoms with Gasteiger partial charge in [-0.15, -0.1) is 0 Å². The fourth-order valence-corrected chi connectivity index (χ4v) is 3.04. The minimum atomic E-state index is -0.524. The second-order valence-electron chi connectivity index (χ2n) is 4.85. The molecule has 3 nitrogen and oxygen atoms in total. The highest BCUT2D eigenvalue weighted by Gasteiger charge is 2.30. The maximum atomic E-state index is 13.9. The number of primary amides is 1. The fourth-order valence-electron chi connectivity index (χ4n) is 2.83. The number of aromatic nitrogens is 1. The molecule has 0 bridgehead atoms. The van der Waals surface area contributed by atoms with Gasteiger partial charge in [0.1, 0.15) is 5.82 Å². The van der Waals surface area contributed by atoms with E-state index >= 15 is 0 Å². The molecule has 0 fully saturated rings. The van der Waals surface area contributed by atoms with E-state index in [0.29, 0.717) is 34.7 Å². The van der Waals surface area contributed by atoms with Crippen LogP contribution in [0.1, 0.15) is 39.5 Å². The van der Waals surface area contributed by atoms with Gasteiger partial charge in [-0.05, 0) is 48.2 Å². The van der Waals surface area contributed by atoms with Crippen LogP contribution in [-0.2, 0) is 6.42 Å². The van der Waals surface area contributed by atoms with Crippen molar-refractivity contribution in [1.82, 2.24) is 4.98 Å². The Labute approximate surface area is 120 Å². The second kappa shape index (κ2) is 4.87. The summed E-state index contributed by atoms with van der Waals surface area (Å²) in [6, 6.07) is 6.37. The lowest BCUT2D eigenvalue weighted by Crippen LogP contribution is -2.16. The third-order valence-electron chi connectivity index (χ3n) is 3.69. The Morgan fingerprint density at radius 2 is 2.25 bits per heavy atom. The average Bonchev–Trinajstić information content (AvgIpc) is 2.82. The van der Waals surface area contributed by atoms with Gasteiger partial charge in [0.15, 0.2) is 0 Å². The maximum Gasteiger partial charge on any atom is 0.250 e. The zero-order chi connectivity index (χ0) is 14.3. The van der Waals surface area contributed by atoms with Crippen LogP contribution in [0.4, 0.5) is 4.39 Å². The van der Waals surface area contributed by atoms with E-state index in [1.165, 1.54) is 6.07 Å². The molecule has 1 aliphatic carbocycles. The average molecular weight is 291 g/mol. The molecule has 0 radical (unpaired) electrons. The highest BCUT2D eigenvalue weighted by atomic mass is 35.5. The summed E-state index contributed by atoms with van der Waals surface area (Å²) in [6.07, 6.45) is 2.92. The van der Waals surface area contributed by atoms with Crippen molar-refractivity contribution in [2.24, 2.45) is 5.73 Å². The molecule has 1 aromatic carbocycles. The van der Waals surface area contributed by atoms with Crippen molar-refractivity contribution < 1.29 is 9.18 Å². The number of hydrogen-bond donors (Lipinski definition) is 1. The number of nitrogens with two attached hydrogens (primary N) is 1. The quantitative estimate of drug-likeness (QED) is 0.924. The molecule has 1 heterocycles. The first-order valence-electron chi connectivity index (χ1n) is 6.30. The predicted octanol–water partition coefficient (Wildman–Crippen LogP) is 3.05. The van der Waals surface area contributed by atoms with Gasteiger partial charge >= 0.3 is 0 Å². The summed E-state index contributed by atoms with van der Waals surface area (Å²) in [6.45, 7) is 0. The first-order chi connectivity index (χ1) is 9.58. The molecular formula is C15H12ClFN2O. The predicted molar refractivity (Wildman–Crippen MR) is 74.3 cm³/mol. The van der Waals surface area contributed by atoms with Crippen LogP contribution in [0.3, 0.4) is 0 Å². The van der Waals surface area contributed by atoms with E-state index in [2.05, 4.69) is 4.98 Å². The molecule has 1 atom stereocenters. The molecule has 1 amide bonds. The Balaban J connectivity index is 2.15. The first-order valence-corrected chi connectivity index (χ1v) is 6.68. The third kappa shape index (κ3) is 2.06. The number of fused-ring (bicyclic) bond motifs is 1. The number of pyridine rings is 1. The van der Waals surface area contributed by atoms with Gasteiger partial charge in [-0.1, -0.05) is 11.6 Å². The van der Waals surface area contributed by atoms with Crippen molar-refractivity contribution in [3.8, 4) is 0 Å². The number of hydrogen-bond acceptors (Lipinski definition) is 2. The van der Waals surface area contributed by atoms with Gasteiger partial charge in [0.2, 0.25) is 0 Å². The molecule has 5 heteroatoms. The van der Waals surface area contributed by atoms with Crippen LogP contribution < -0.4 is 5.73 Å². The SMILES string of the molecule is NC(=O)c1cccnc1[C@@H]1CCc2c(F)cc(Cl)cc21. The highest BCUT2D eigenvalue weighted by molar-refractivity contribution is 6.30. The van der Waals surface area contributed by atoms with Gasteiger partial charge in [0.25, 0.3) is 5.91 Å². The van der Waals surface area contributed by atoms with Gasteiger partial charge in [-0.25, -0.2) is 4.39 Å². The van der Waals surface area contributed by atoms with Crippen LogP contribution in [-0.4, -0.2) is 10.9 Å². The monoisotopic (exact) mass is 290 g/mol. The van der Waals surface area contributed by atoms with Crippen LogP contribution in [0.5, 0.6) is 0 Å². The van der Waals surface area contributed by atoms with E-state index < -0.39 is 5.91 Å². The normalized spacial score (nSPS) is 17.0. The Morgan fingerprint density at radius 1 is 1.45 bits per heavy atom. The maximum absolute atomic E-state index is 13.9. The number of amides is 1. The molecule has 2 N–H and O–H groups in total. The topological polar surface area (TPSA) is 56.0 Å². The van der Waals surface area contributed by atoms with Gasteiger partial charge in [-0.2, -0.15) is 0 Å². The number of carbonyl (C=O) groups excluding carboxylic acids is 1. The van der Waals surface area contributed by atoms with Crippen LogP contribution in [0.15, 0.2) is 30.5 Å². The molecule has 0 aliphatic heterocycles. The van der Waals surface area contributed by atoms with E-state index in [4.69, 9.17) is 17.3 Å². The van der Waals surface area contributed by atoms with Crippen molar-refractivity contribution in [1.29, 1.82) is 0 Å². The molecule has 0 saturated carbocycles. The molecule has 0 spiro atoms. The molecule has 1 aromatic heterocycles. The molecule has 0 saturated heterocycles. The standard InChI is InChI=1S/C15H12ClFN2O/c16-8-6-12-9(13(17)7-8)3-4-10(12)14-11(15(18)20)2-1-5-19-14/h1-2,5-7,10H,3-4H2,(H2,18,20)/t10-/m1/s1. The molecule has 1 aliphatic rings. The summed E-state index contributed by atoms with van der Waals surface area (Å²) in [4.78, 5) is 15.8. The number of rotatable bonds is 2.